The average molecular weight is 332 g/mol. The molecule has 7 heteroatoms. The highest BCUT2D eigenvalue weighted by Crippen LogP contribution is 2.25. The normalized spacial score (nSPS) is 14.7. The molecule has 120 valence electrons. The van der Waals surface area contributed by atoms with Crippen molar-refractivity contribution in [3.05, 3.63) is 47.4 Å². The van der Waals surface area contributed by atoms with Crippen LogP contribution in [-0.2, 0) is 0 Å². The summed E-state index contributed by atoms with van der Waals surface area (Å²) < 4.78 is 0. The van der Waals surface area contributed by atoms with Gasteiger partial charge in [-0.3, -0.25) is 10.3 Å². The van der Waals surface area contributed by atoms with Gasteiger partial charge in [-0.15, -0.1) is 0 Å². The van der Waals surface area contributed by atoms with Gasteiger partial charge in [-0.25, -0.2) is 9.78 Å². The molecule has 0 spiro atoms. The van der Waals surface area contributed by atoms with Crippen LogP contribution in [0.15, 0.2) is 36.7 Å². The highest BCUT2D eigenvalue weighted by Gasteiger charge is 2.22. The molecule has 3 rings (SSSR count). The third kappa shape index (κ3) is 3.71. The van der Waals surface area contributed by atoms with Crippen molar-refractivity contribution in [1.29, 1.82) is 0 Å². The first-order chi connectivity index (χ1) is 11.1. The van der Waals surface area contributed by atoms with Crippen LogP contribution in [0.4, 0.5) is 16.3 Å². The van der Waals surface area contributed by atoms with E-state index in [1.165, 1.54) is 0 Å². The van der Waals surface area contributed by atoms with E-state index in [2.05, 4.69) is 20.2 Å². The molecule has 3 heterocycles. The second kappa shape index (κ2) is 6.83. The Bertz CT molecular complexity index is 700. The molecule has 1 saturated heterocycles. The van der Waals surface area contributed by atoms with E-state index in [1.807, 2.05) is 25.1 Å². The number of pyridine rings is 2. The largest absolute Gasteiger partial charge is 0.367 e. The smallest absolute Gasteiger partial charge is 0.323 e. The van der Waals surface area contributed by atoms with Crippen LogP contribution in [0.1, 0.15) is 5.69 Å². The summed E-state index contributed by atoms with van der Waals surface area (Å²) >= 11 is 6.17. The van der Waals surface area contributed by atoms with Crippen molar-refractivity contribution in [1.82, 2.24) is 14.9 Å². The van der Waals surface area contributed by atoms with Crippen molar-refractivity contribution in [3.8, 4) is 0 Å². The van der Waals surface area contributed by atoms with E-state index in [4.69, 9.17) is 11.6 Å². The number of urea groups is 1. The van der Waals surface area contributed by atoms with Crippen LogP contribution in [0.3, 0.4) is 0 Å². The maximum Gasteiger partial charge on any atom is 0.323 e. The van der Waals surface area contributed by atoms with Gasteiger partial charge in [-0.05, 0) is 25.1 Å². The maximum absolute atomic E-state index is 12.3. The molecule has 1 fully saturated rings. The number of nitrogens with zero attached hydrogens (tertiary/aromatic N) is 4. The molecule has 23 heavy (non-hydrogen) atoms. The molecular weight excluding hydrogens is 314 g/mol. The van der Waals surface area contributed by atoms with Crippen LogP contribution in [0.5, 0.6) is 0 Å². The summed E-state index contributed by atoms with van der Waals surface area (Å²) in [7, 11) is 0. The molecule has 0 bridgehead atoms. The first-order valence-corrected chi connectivity index (χ1v) is 7.85. The average Bonchev–Trinajstić information content (AvgIpc) is 2.55. The van der Waals surface area contributed by atoms with E-state index in [0.29, 0.717) is 23.9 Å². The minimum Gasteiger partial charge on any atom is -0.367 e. The summed E-state index contributed by atoms with van der Waals surface area (Å²) in [6.07, 6.45) is 3.36. The molecule has 0 saturated carbocycles. The summed E-state index contributed by atoms with van der Waals surface area (Å²) in [4.78, 5) is 24.5. The molecule has 0 unspecified atom stereocenters. The Labute approximate surface area is 140 Å². The Morgan fingerprint density at radius 3 is 2.70 bits per heavy atom. The second-order valence-corrected chi connectivity index (χ2v) is 5.80. The zero-order valence-corrected chi connectivity index (χ0v) is 13.6. The second-order valence-electron chi connectivity index (χ2n) is 5.40. The monoisotopic (exact) mass is 331 g/mol. The number of aryl methyl sites for hydroxylation is 1. The molecule has 1 aliphatic rings. The van der Waals surface area contributed by atoms with Crippen molar-refractivity contribution in [3.63, 3.8) is 0 Å². The van der Waals surface area contributed by atoms with Gasteiger partial charge >= 0.3 is 6.03 Å². The molecule has 0 atom stereocenters. The summed E-state index contributed by atoms with van der Waals surface area (Å²) in [5.41, 5.74) is 1.84. The van der Waals surface area contributed by atoms with Gasteiger partial charge in [-0.2, -0.15) is 0 Å². The highest BCUT2D eigenvalue weighted by molar-refractivity contribution is 6.33. The van der Waals surface area contributed by atoms with Gasteiger partial charge in [0.25, 0.3) is 0 Å². The van der Waals surface area contributed by atoms with Gasteiger partial charge in [0.05, 0.1) is 10.7 Å². The number of piperazine rings is 1. The topological polar surface area (TPSA) is 61.4 Å². The standard InChI is InChI=1S/C16H18ClN5O/c1-12-3-2-4-15(19-12)20-16(23)22-9-7-21(8-10-22)14-5-6-18-11-13(14)17/h2-6,11H,7-10H2,1H3,(H,19,20,23). The number of hydrogen-bond donors (Lipinski definition) is 1. The Balaban J connectivity index is 1.58. The van der Waals surface area contributed by atoms with Gasteiger partial charge in [0, 0.05) is 44.3 Å². The minimum atomic E-state index is -0.122. The zero-order valence-electron chi connectivity index (χ0n) is 12.9. The number of carbonyl (C=O) groups excluding carboxylic acids is 1. The Kier molecular flexibility index (Phi) is 4.62. The molecular formula is C16H18ClN5O. The molecule has 0 radical (unpaired) electrons. The quantitative estimate of drug-likeness (QED) is 0.919. The molecule has 1 N–H and O–H groups in total. The van der Waals surface area contributed by atoms with Crippen LogP contribution in [0.25, 0.3) is 0 Å². The van der Waals surface area contributed by atoms with Gasteiger partial charge in [0.1, 0.15) is 5.82 Å². The number of nitrogens with one attached hydrogen (secondary N) is 1. The maximum atomic E-state index is 12.3. The van der Waals surface area contributed by atoms with E-state index >= 15 is 0 Å². The van der Waals surface area contributed by atoms with Crippen molar-refractivity contribution in [2.75, 3.05) is 36.4 Å². The molecule has 6 nitrogen and oxygen atoms in total. The van der Waals surface area contributed by atoms with Crippen LogP contribution >= 0.6 is 11.6 Å². The Morgan fingerprint density at radius 2 is 2.00 bits per heavy atom. The molecule has 2 aromatic heterocycles. The van der Waals surface area contributed by atoms with Crippen molar-refractivity contribution in [2.24, 2.45) is 0 Å². The zero-order chi connectivity index (χ0) is 16.2. The molecule has 0 aliphatic carbocycles. The van der Waals surface area contributed by atoms with Gasteiger partial charge in [-0.1, -0.05) is 17.7 Å². The number of hydrogen-bond acceptors (Lipinski definition) is 4. The predicted octanol–water partition coefficient (Wildman–Crippen LogP) is 2.79. The molecule has 2 aromatic rings. The fourth-order valence-electron chi connectivity index (χ4n) is 2.58. The number of carbonyl (C=O) groups is 1. The van der Waals surface area contributed by atoms with Crippen LogP contribution in [0, 0.1) is 6.92 Å². The fraction of sp³-hybridized carbons (Fsp3) is 0.312. The lowest BCUT2D eigenvalue weighted by Crippen LogP contribution is -2.50. The lowest BCUT2D eigenvalue weighted by molar-refractivity contribution is 0.208. The van der Waals surface area contributed by atoms with E-state index in [1.54, 1.807) is 23.4 Å². The van der Waals surface area contributed by atoms with E-state index in [9.17, 15) is 4.79 Å². The van der Waals surface area contributed by atoms with Gasteiger partial charge in [0.2, 0.25) is 0 Å². The highest BCUT2D eigenvalue weighted by atomic mass is 35.5. The summed E-state index contributed by atoms with van der Waals surface area (Å²) in [6.45, 7) is 4.64. The first kappa shape index (κ1) is 15.6. The van der Waals surface area contributed by atoms with Gasteiger partial charge in [0.15, 0.2) is 0 Å². The lowest BCUT2D eigenvalue weighted by atomic mass is 10.2. The van der Waals surface area contributed by atoms with E-state index < -0.39 is 0 Å². The van der Waals surface area contributed by atoms with Crippen molar-refractivity contribution in [2.45, 2.75) is 6.92 Å². The van der Waals surface area contributed by atoms with Crippen molar-refractivity contribution < 1.29 is 4.79 Å². The fourth-order valence-corrected chi connectivity index (χ4v) is 2.81. The summed E-state index contributed by atoms with van der Waals surface area (Å²) in [5.74, 6) is 0.578. The predicted molar refractivity (Wildman–Crippen MR) is 91.0 cm³/mol. The van der Waals surface area contributed by atoms with Crippen LogP contribution < -0.4 is 10.2 Å². The third-order valence-corrected chi connectivity index (χ3v) is 4.07. The molecule has 2 amide bonds. The van der Waals surface area contributed by atoms with Crippen LogP contribution in [0.2, 0.25) is 5.02 Å². The number of rotatable bonds is 2. The number of aromatic nitrogens is 2. The van der Waals surface area contributed by atoms with Crippen LogP contribution in [-0.4, -0.2) is 47.1 Å². The number of halogens is 1. The Hall–Kier alpha value is -2.34. The Morgan fingerprint density at radius 1 is 1.22 bits per heavy atom. The lowest BCUT2D eigenvalue weighted by Gasteiger charge is -2.36. The number of amides is 2. The SMILES string of the molecule is Cc1cccc(NC(=O)N2CCN(c3ccncc3Cl)CC2)n1. The molecule has 1 aliphatic heterocycles. The first-order valence-electron chi connectivity index (χ1n) is 7.47. The molecule has 0 aromatic carbocycles. The van der Waals surface area contributed by atoms with Crippen molar-refractivity contribution >= 4 is 29.1 Å². The van der Waals surface area contributed by atoms with E-state index in [0.717, 1.165) is 24.5 Å². The van der Waals surface area contributed by atoms with E-state index in [-0.39, 0.29) is 6.03 Å². The summed E-state index contributed by atoms with van der Waals surface area (Å²) in [6, 6.07) is 7.34. The minimum absolute atomic E-state index is 0.122. The number of anilines is 2. The third-order valence-electron chi connectivity index (χ3n) is 3.78. The van der Waals surface area contributed by atoms with Gasteiger partial charge < -0.3 is 9.80 Å². The summed E-state index contributed by atoms with van der Waals surface area (Å²) in [5, 5.41) is 3.47.